The van der Waals surface area contributed by atoms with Crippen LogP contribution < -0.4 is 10.1 Å². The Kier molecular flexibility index (Phi) is 8.89. The van der Waals surface area contributed by atoms with Crippen molar-refractivity contribution in [2.45, 2.75) is 39.2 Å². The van der Waals surface area contributed by atoms with Crippen LogP contribution in [0.2, 0.25) is 5.02 Å². The van der Waals surface area contributed by atoms with Gasteiger partial charge in [0.15, 0.2) is 0 Å². The van der Waals surface area contributed by atoms with Crippen molar-refractivity contribution >= 4 is 23.5 Å². The molecule has 0 radical (unpaired) electrons. The summed E-state index contributed by atoms with van der Waals surface area (Å²) in [5, 5.41) is 29.4. The summed E-state index contributed by atoms with van der Waals surface area (Å²) >= 11 is 6.10. The summed E-state index contributed by atoms with van der Waals surface area (Å²) in [5.41, 5.74) is 1.91. The van der Waals surface area contributed by atoms with E-state index in [1.807, 2.05) is 55.5 Å². The molecule has 35 heavy (non-hydrogen) atoms. The zero-order valence-corrected chi connectivity index (χ0v) is 20.5. The maximum atomic E-state index is 12.9. The van der Waals surface area contributed by atoms with Crippen LogP contribution in [0.3, 0.4) is 0 Å². The smallest absolute Gasteiger partial charge is 0.309 e. The number of carbonyl (C=O) groups excluding carboxylic acids is 1. The molecule has 2 aromatic carbocycles. The second-order valence-corrected chi connectivity index (χ2v) is 9.11. The van der Waals surface area contributed by atoms with Gasteiger partial charge in [-0.1, -0.05) is 48.0 Å². The molecule has 186 valence electrons. The molecule has 0 saturated carbocycles. The fraction of sp³-hybridized carbons (Fsp3) is 0.346. The van der Waals surface area contributed by atoms with Crippen molar-refractivity contribution in [3.63, 3.8) is 0 Å². The van der Waals surface area contributed by atoms with Gasteiger partial charge in [-0.2, -0.15) is 0 Å². The molecule has 3 aromatic rings. The summed E-state index contributed by atoms with van der Waals surface area (Å²) in [6.07, 6.45) is 0.612. The van der Waals surface area contributed by atoms with E-state index in [4.69, 9.17) is 16.3 Å². The van der Waals surface area contributed by atoms with Gasteiger partial charge in [0.05, 0.1) is 12.0 Å². The van der Waals surface area contributed by atoms with Gasteiger partial charge in [-0.05, 0) is 61.9 Å². The molecule has 9 heteroatoms. The molecule has 0 fully saturated rings. The van der Waals surface area contributed by atoms with E-state index in [0.717, 1.165) is 16.7 Å². The molecule has 0 bridgehead atoms. The highest BCUT2D eigenvalue weighted by molar-refractivity contribution is 6.30. The predicted octanol–water partition coefficient (Wildman–Crippen LogP) is 4.33. The number of aliphatic hydroxyl groups excluding tert-OH is 1. The molecule has 1 amide bonds. The molecule has 1 aromatic heterocycles. The summed E-state index contributed by atoms with van der Waals surface area (Å²) in [6.45, 7) is 3.54. The summed E-state index contributed by atoms with van der Waals surface area (Å²) in [6, 6.07) is 16.4. The zero-order chi connectivity index (χ0) is 25.4. The Morgan fingerprint density at radius 2 is 1.91 bits per heavy atom. The zero-order valence-electron chi connectivity index (χ0n) is 19.8. The van der Waals surface area contributed by atoms with Crippen molar-refractivity contribution in [1.82, 2.24) is 15.5 Å². The normalized spacial score (nSPS) is 13.6. The number of carboxylic acid groups (broad SMARTS) is 1. The van der Waals surface area contributed by atoms with E-state index in [-0.39, 0.29) is 25.1 Å². The minimum Gasteiger partial charge on any atom is -0.481 e. The lowest BCUT2D eigenvalue weighted by atomic mass is 9.79. The van der Waals surface area contributed by atoms with E-state index in [0.29, 0.717) is 23.9 Å². The number of aliphatic hydroxyl groups is 1. The van der Waals surface area contributed by atoms with Crippen LogP contribution in [0.4, 0.5) is 0 Å². The summed E-state index contributed by atoms with van der Waals surface area (Å²) < 4.78 is 5.30. The van der Waals surface area contributed by atoms with Gasteiger partial charge in [-0.25, -0.2) is 0 Å². The molecular formula is C26H30ClN3O5. The number of aliphatic carboxylic acids is 1. The van der Waals surface area contributed by atoms with Gasteiger partial charge in [-0.15, -0.1) is 5.10 Å². The van der Waals surface area contributed by atoms with Gasteiger partial charge in [0.2, 0.25) is 5.88 Å². The molecule has 0 aliphatic heterocycles. The Morgan fingerprint density at radius 3 is 2.54 bits per heavy atom. The molecule has 0 spiro atoms. The van der Waals surface area contributed by atoms with Crippen LogP contribution in [0.5, 0.6) is 5.88 Å². The van der Waals surface area contributed by atoms with Gasteiger partial charge >= 0.3 is 5.97 Å². The second-order valence-electron chi connectivity index (χ2n) is 8.68. The van der Waals surface area contributed by atoms with Crippen LogP contribution in [-0.2, 0) is 11.2 Å². The minimum atomic E-state index is -1.21. The second kappa shape index (κ2) is 11.9. The lowest BCUT2D eigenvalue weighted by molar-refractivity contribution is -0.149. The molecule has 1 unspecified atom stereocenters. The average Bonchev–Trinajstić information content (AvgIpc) is 3.29. The lowest BCUT2D eigenvalue weighted by Crippen LogP contribution is -2.43. The molecule has 2 atom stereocenters. The van der Waals surface area contributed by atoms with E-state index in [2.05, 4.69) is 15.5 Å². The van der Waals surface area contributed by atoms with Crippen molar-refractivity contribution < 1.29 is 24.5 Å². The quantitative estimate of drug-likeness (QED) is 0.294. The minimum absolute atomic E-state index is 0.0704. The number of aromatic nitrogens is 2. The number of carbonyl (C=O) groups is 2. The highest BCUT2D eigenvalue weighted by atomic mass is 35.5. The number of H-pyrrole nitrogens is 1. The SMILES string of the molecule is CCOc1cc(C(=O)N[C@H](Cc2ccc(-c3cccc(Cl)c3)cc2)CC(C)(CCO)C(=O)O)[nH]n1. The standard InChI is InChI=1S/C26H30ClN3O5/c1-3-35-23-15-22(29-30-23)24(32)28-21(16-26(2,11-12-31)25(33)34)13-17-7-9-18(10-8-17)19-5-4-6-20(27)14-19/h4-10,14-15,21,31H,3,11-13,16H2,1-2H3,(H,28,32)(H,29,30)(H,33,34)/t21-,26?/m1/s1. The van der Waals surface area contributed by atoms with Gasteiger partial charge in [0, 0.05) is 23.7 Å². The number of nitrogens with zero attached hydrogens (tertiary/aromatic N) is 1. The fourth-order valence-corrected chi connectivity index (χ4v) is 4.14. The Labute approximate surface area is 209 Å². The number of aromatic amines is 1. The highest BCUT2D eigenvalue weighted by Crippen LogP contribution is 2.30. The van der Waals surface area contributed by atoms with E-state index in [9.17, 15) is 19.8 Å². The monoisotopic (exact) mass is 499 g/mol. The molecule has 0 aliphatic rings. The van der Waals surface area contributed by atoms with E-state index >= 15 is 0 Å². The average molecular weight is 500 g/mol. The number of nitrogens with one attached hydrogen (secondary N) is 2. The van der Waals surface area contributed by atoms with Gasteiger partial charge < -0.3 is 20.3 Å². The number of rotatable bonds is 12. The molecule has 4 N–H and O–H groups in total. The van der Waals surface area contributed by atoms with Crippen LogP contribution in [-0.4, -0.2) is 51.5 Å². The third-order valence-corrected chi connectivity index (χ3v) is 6.13. The van der Waals surface area contributed by atoms with Crippen molar-refractivity contribution in [2.24, 2.45) is 5.41 Å². The molecular weight excluding hydrogens is 470 g/mol. The number of halogens is 1. The molecule has 0 aliphatic carbocycles. The Morgan fingerprint density at radius 1 is 1.17 bits per heavy atom. The van der Waals surface area contributed by atoms with Crippen LogP contribution >= 0.6 is 11.6 Å². The summed E-state index contributed by atoms with van der Waals surface area (Å²) in [5.74, 6) is -1.13. The van der Waals surface area contributed by atoms with Crippen molar-refractivity contribution in [3.8, 4) is 17.0 Å². The number of hydrogen-bond acceptors (Lipinski definition) is 5. The first-order valence-corrected chi connectivity index (χ1v) is 11.8. The number of hydrogen-bond donors (Lipinski definition) is 4. The summed E-state index contributed by atoms with van der Waals surface area (Å²) in [7, 11) is 0. The van der Waals surface area contributed by atoms with Crippen LogP contribution in [0, 0.1) is 5.41 Å². The van der Waals surface area contributed by atoms with Gasteiger partial charge in [-0.3, -0.25) is 14.7 Å². The third-order valence-electron chi connectivity index (χ3n) is 5.90. The maximum Gasteiger partial charge on any atom is 0.309 e. The predicted molar refractivity (Wildman–Crippen MR) is 134 cm³/mol. The third kappa shape index (κ3) is 7.07. The fourth-order valence-electron chi connectivity index (χ4n) is 3.95. The van der Waals surface area contributed by atoms with Crippen molar-refractivity contribution in [3.05, 3.63) is 70.9 Å². The number of carboxylic acids is 1. The highest BCUT2D eigenvalue weighted by Gasteiger charge is 2.36. The first-order valence-electron chi connectivity index (χ1n) is 11.4. The van der Waals surface area contributed by atoms with Gasteiger partial charge in [0.1, 0.15) is 5.69 Å². The number of amides is 1. The van der Waals surface area contributed by atoms with Crippen LogP contribution in [0.1, 0.15) is 42.7 Å². The molecule has 3 rings (SSSR count). The Bertz CT molecular complexity index is 1150. The Balaban J connectivity index is 1.81. The maximum absolute atomic E-state index is 12.9. The molecule has 8 nitrogen and oxygen atoms in total. The van der Waals surface area contributed by atoms with Crippen molar-refractivity contribution in [1.29, 1.82) is 0 Å². The van der Waals surface area contributed by atoms with Crippen molar-refractivity contribution in [2.75, 3.05) is 13.2 Å². The largest absolute Gasteiger partial charge is 0.481 e. The van der Waals surface area contributed by atoms with E-state index in [1.165, 1.54) is 6.07 Å². The van der Waals surface area contributed by atoms with E-state index < -0.39 is 23.3 Å². The topological polar surface area (TPSA) is 125 Å². The lowest BCUT2D eigenvalue weighted by Gasteiger charge is -2.29. The van der Waals surface area contributed by atoms with Crippen LogP contribution in [0.25, 0.3) is 11.1 Å². The first-order chi connectivity index (χ1) is 16.7. The molecule has 0 saturated heterocycles. The van der Waals surface area contributed by atoms with Gasteiger partial charge in [0.25, 0.3) is 5.91 Å². The summed E-state index contributed by atoms with van der Waals surface area (Å²) in [4.78, 5) is 24.9. The first kappa shape index (κ1) is 26.2. The molecule has 1 heterocycles. The number of benzene rings is 2. The Hall–Kier alpha value is -3.36. The van der Waals surface area contributed by atoms with Crippen LogP contribution in [0.15, 0.2) is 54.6 Å². The number of ether oxygens (including phenoxy) is 1. The van der Waals surface area contributed by atoms with E-state index in [1.54, 1.807) is 6.92 Å².